The van der Waals surface area contributed by atoms with Crippen molar-refractivity contribution in [1.82, 2.24) is 5.32 Å². The van der Waals surface area contributed by atoms with Crippen LogP contribution in [0.3, 0.4) is 0 Å². The molecule has 0 aromatic heterocycles. The third-order valence-electron chi connectivity index (χ3n) is 10.7. The summed E-state index contributed by atoms with van der Waals surface area (Å²) in [6.07, 6.45) is 11.3. The van der Waals surface area contributed by atoms with Crippen LogP contribution < -0.4 is 5.32 Å². The normalized spacial score (nSPS) is 41.1. The summed E-state index contributed by atoms with van der Waals surface area (Å²) < 4.78 is 0. The molecule has 0 aromatic rings. The number of amides is 1. The number of nitrogens with one attached hydrogen (secondary N) is 1. The molecule has 4 aliphatic rings. The van der Waals surface area contributed by atoms with Gasteiger partial charge in [0, 0.05) is 0 Å². The Morgan fingerprint density at radius 3 is 2.54 bits per heavy atom. The quantitative estimate of drug-likeness (QED) is 0.451. The fourth-order valence-corrected chi connectivity index (χ4v) is 7.96. The number of carboxylic acids is 1. The fraction of sp³-hybridized carbons (Fsp3) is 0.821. The van der Waals surface area contributed by atoms with Crippen LogP contribution in [0.1, 0.15) is 92.4 Å². The first-order chi connectivity index (χ1) is 16.4. The zero-order valence-electron chi connectivity index (χ0n) is 22.1. The van der Waals surface area contributed by atoms with Crippen LogP contribution in [0.15, 0.2) is 16.8 Å². The summed E-state index contributed by atoms with van der Waals surface area (Å²) in [6.45, 7) is 10.2. The first-order valence-corrected chi connectivity index (χ1v) is 13.6. The molecule has 0 saturated heterocycles. The molecule has 7 heteroatoms. The van der Waals surface area contributed by atoms with E-state index in [4.69, 9.17) is 4.84 Å². The van der Waals surface area contributed by atoms with Gasteiger partial charge >= 0.3 is 5.97 Å². The first kappa shape index (κ1) is 26.2. The van der Waals surface area contributed by atoms with Crippen molar-refractivity contribution in [3.63, 3.8) is 0 Å². The van der Waals surface area contributed by atoms with Crippen LogP contribution in [-0.4, -0.2) is 46.1 Å². The lowest BCUT2D eigenvalue weighted by atomic mass is 9.46. The number of allylic oxidation sites excluding steroid dienone is 2. The Kier molecular flexibility index (Phi) is 7.13. The number of aliphatic hydroxyl groups is 1. The maximum Gasteiger partial charge on any atom is 0.326 e. The van der Waals surface area contributed by atoms with Gasteiger partial charge in [0.05, 0.1) is 11.3 Å². The predicted molar refractivity (Wildman–Crippen MR) is 135 cm³/mol. The van der Waals surface area contributed by atoms with E-state index in [0.717, 1.165) is 44.2 Å². The van der Waals surface area contributed by atoms with Crippen LogP contribution in [0.25, 0.3) is 0 Å². The second kappa shape index (κ2) is 9.53. The number of carboxylic acid groups (broad SMARTS) is 1. The molecule has 196 valence electrons. The van der Waals surface area contributed by atoms with E-state index in [9.17, 15) is 19.8 Å². The molecule has 0 bridgehead atoms. The summed E-state index contributed by atoms with van der Waals surface area (Å²) in [5, 5.41) is 27.3. The molecule has 3 N–H and O–H groups in total. The Morgan fingerprint density at radius 2 is 1.86 bits per heavy atom. The lowest BCUT2D eigenvalue weighted by Gasteiger charge is -2.59. The van der Waals surface area contributed by atoms with Crippen LogP contribution >= 0.6 is 0 Å². The SMILES string of the molecule is CC[C@@H](C)[C@@H](NC(=O)CO/N=C1\C=C2CC[C@@H]3[C@H](CC[C@@]4(C)[C@H]3CC[C@]4(C)O)[C@@]2(C)CC1)C(=O)O. The molecule has 4 rings (SSSR count). The summed E-state index contributed by atoms with van der Waals surface area (Å²) in [6, 6.07) is -0.919. The molecule has 3 saturated carbocycles. The largest absolute Gasteiger partial charge is 0.480 e. The van der Waals surface area contributed by atoms with Crippen molar-refractivity contribution in [3.8, 4) is 0 Å². The van der Waals surface area contributed by atoms with Crippen molar-refractivity contribution in [3.05, 3.63) is 11.6 Å². The van der Waals surface area contributed by atoms with E-state index in [1.54, 1.807) is 0 Å². The minimum absolute atomic E-state index is 0.0377. The summed E-state index contributed by atoms with van der Waals surface area (Å²) in [5.74, 6) is 0.277. The highest BCUT2D eigenvalue weighted by Gasteiger charge is 2.62. The van der Waals surface area contributed by atoms with E-state index in [-0.39, 0.29) is 23.4 Å². The summed E-state index contributed by atoms with van der Waals surface area (Å²) in [5.41, 5.74) is 1.97. The van der Waals surface area contributed by atoms with Crippen LogP contribution in [-0.2, 0) is 14.4 Å². The highest BCUT2D eigenvalue weighted by atomic mass is 16.6. The highest BCUT2D eigenvalue weighted by molar-refractivity contribution is 5.96. The smallest absolute Gasteiger partial charge is 0.326 e. The molecule has 0 aromatic carbocycles. The van der Waals surface area contributed by atoms with E-state index in [1.165, 1.54) is 18.4 Å². The molecule has 0 spiro atoms. The van der Waals surface area contributed by atoms with Gasteiger partial charge in [-0.25, -0.2) is 4.79 Å². The average Bonchev–Trinajstić information content (AvgIpc) is 3.05. The molecule has 0 heterocycles. The zero-order chi connectivity index (χ0) is 25.6. The maximum absolute atomic E-state index is 12.2. The van der Waals surface area contributed by atoms with Gasteiger partial charge in [0.1, 0.15) is 6.04 Å². The number of oxime groups is 1. The summed E-state index contributed by atoms with van der Waals surface area (Å²) in [4.78, 5) is 29.0. The average molecular weight is 489 g/mol. The van der Waals surface area contributed by atoms with Gasteiger partial charge in [-0.2, -0.15) is 0 Å². The van der Waals surface area contributed by atoms with Crippen LogP contribution in [0.4, 0.5) is 0 Å². The van der Waals surface area contributed by atoms with Crippen LogP contribution in [0, 0.1) is 34.5 Å². The molecule has 3 fully saturated rings. The van der Waals surface area contributed by atoms with Crippen molar-refractivity contribution in [2.75, 3.05) is 6.61 Å². The third kappa shape index (κ3) is 4.54. The number of hydrogen-bond acceptors (Lipinski definition) is 5. The second-order valence-electron chi connectivity index (χ2n) is 12.4. The maximum atomic E-state index is 12.2. The van der Waals surface area contributed by atoms with Gasteiger partial charge in [-0.1, -0.05) is 44.8 Å². The molecular weight excluding hydrogens is 444 g/mol. The van der Waals surface area contributed by atoms with Crippen LogP contribution in [0.5, 0.6) is 0 Å². The molecule has 0 unspecified atom stereocenters. The number of nitrogens with zero attached hydrogens (tertiary/aromatic N) is 1. The number of carbonyl (C=O) groups is 2. The van der Waals surface area contributed by atoms with Crippen molar-refractivity contribution in [1.29, 1.82) is 0 Å². The number of rotatable bonds is 7. The van der Waals surface area contributed by atoms with Gasteiger partial charge in [-0.3, -0.25) is 4.79 Å². The van der Waals surface area contributed by atoms with E-state index in [0.29, 0.717) is 24.2 Å². The molecule has 0 radical (unpaired) electrons. The standard InChI is InChI=1S/C28H44N2O5/c1-6-17(2)24(25(32)33)29-23(31)16-35-30-19-9-12-26(3)18(15-19)7-8-20-21(26)10-13-27(4)22(20)11-14-28(27,5)34/h15,17,20-22,24,34H,6-14,16H2,1-5H3,(H,29,31)(H,32,33)/b30-19-/t17-,20-,21+,22+,24-,26+,27+,28+/m1/s1. The lowest BCUT2D eigenvalue weighted by Crippen LogP contribution is -2.53. The van der Waals surface area contributed by atoms with Crippen molar-refractivity contribution in [2.45, 2.75) is 104 Å². The third-order valence-corrected chi connectivity index (χ3v) is 10.7. The summed E-state index contributed by atoms with van der Waals surface area (Å²) >= 11 is 0. The number of hydrogen-bond donors (Lipinski definition) is 3. The minimum Gasteiger partial charge on any atom is -0.480 e. The van der Waals surface area contributed by atoms with Gasteiger partial charge in [-0.15, -0.1) is 0 Å². The number of carbonyl (C=O) groups excluding carboxylic acids is 1. The molecular formula is C28H44N2O5. The molecule has 7 nitrogen and oxygen atoms in total. The van der Waals surface area contributed by atoms with Gasteiger partial charge in [-0.05, 0) is 98.9 Å². The monoisotopic (exact) mass is 488 g/mol. The lowest BCUT2D eigenvalue weighted by molar-refractivity contribution is -0.144. The van der Waals surface area contributed by atoms with Crippen LogP contribution in [0.2, 0.25) is 0 Å². The minimum atomic E-state index is -1.03. The van der Waals surface area contributed by atoms with E-state index < -0.39 is 23.5 Å². The van der Waals surface area contributed by atoms with Gasteiger partial charge in [0.2, 0.25) is 0 Å². The number of fused-ring (bicyclic) bond motifs is 5. The molecule has 8 atom stereocenters. The Bertz CT molecular complexity index is 911. The molecule has 1 amide bonds. The van der Waals surface area contributed by atoms with Gasteiger partial charge in [0.25, 0.3) is 5.91 Å². The summed E-state index contributed by atoms with van der Waals surface area (Å²) in [7, 11) is 0. The zero-order valence-corrected chi connectivity index (χ0v) is 22.1. The topological polar surface area (TPSA) is 108 Å². The predicted octanol–water partition coefficient (Wildman–Crippen LogP) is 4.69. The number of aliphatic carboxylic acids is 1. The van der Waals surface area contributed by atoms with E-state index >= 15 is 0 Å². The Morgan fingerprint density at radius 1 is 1.14 bits per heavy atom. The first-order valence-electron chi connectivity index (χ1n) is 13.6. The Hall–Kier alpha value is -1.89. The fourth-order valence-electron chi connectivity index (χ4n) is 7.96. The van der Waals surface area contributed by atoms with Crippen molar-refractivity contribution in [2.24, 2.45) is 39.7 Å². The van der Waals surface area contributed by atoms with E-state index in [2.05, 4.69) is 37.3 Å². The van der Waals surface area contributed by atoms with Gasteiger partial charge < -0.3 is 20.4 Å². The molecule has 35 heavy (non-hydrogen) atoms. The van der Waals surface area contributed by atoms with Gasteiger partial charge in [0.15, 0.2) is 6.61 Å². The highest BCUT2D eigenvalue weighted by Crippen LogP contribution is 2.67. The van der Waals surface area contributed by atoms with Crippen molar-refractivity contribution < 1.29 is 24.6 Å². The Labute approximate surface area is 209 Å². The molecule has 4 aliphatic carbocycles. The van der Waals surface area contributed by atoms with E-state index in [1.807, 2.05) is 13.8 Å². The molecule has 0 aliphatic heterocycles. The van der Waals surface area contributed by atoms with Crippen molar-refractivity contribution >= 4 is 17.6 Å². The second-order valence-corrected chi connectivity index (χ2v) is 12.4. The Balaban J connectivity index is 1.39.